The number of hydrogen-bond acceptors (Lipinski definition) is 11. The van der Waals surface area contributed by atoms with E-state index in [0.717, 1.165) is 38.5 Å². The van der Waals surface area contributed by atoms with E-state index in [2.05, 4.69) is 44.2 Å². The fourth-order valence-corrected chi connectivity index (χ4v) is 6.32. The molecule has 1 saturated heterocycles. The lowest BCUT2D eigenvalue weighted by atomic mass is 10.00. The number of carbonyl (C=O) groups excluding carboxylic acids is 2. The normalized spacial score (nSPS) is 21.7. The highest BCUT2D eigenvalue weighted by Gasteiger charge is 2.46. The van der Waals surface area contributed by atoms with Gasteiger partial charge in [-0.1, -0.05) is 133 Å². The lowest BCUT2D eigenvalue weighted by molar-refractivity contribution is -0.297. The largest absolute Gasteiger partial charge is 0.462 e. The van der Waals surface area contributed by atoms with E-state index in [0.29, 0.717) is 19.3 Å². The fourth-order valence-electron chi connectivity index (χ4n) is 5.63. The monoisotopic (exact) mass is 772 g/mol. The smallest absolute Gasteiger partial charge is 0.306 e. The zero-order valence-corrected chi connectivity index (χ0v) is 32.9. The number of aliphatic hydroxyl groups is 3. The Morgan fingerprint density at radius 1 is 0.660 bits per heavy atom. The molecule has 6 unspecified atom stereocenters. The van der Waals surface area contributed by atoms with E-state index >= 15 is 0 Å². The standard InChI is InChI=1S/C40H68O12S/c1-3-5-7-9-11-13-15-17-19-21-23-25-27-29-36(42)51-33(31-50-40-39(45)38(44)37(43)34(52-40)32-53(46,47)48)30-49-35(41)28-26-24-22-20-18-16-14-12-10-8-6-4-2/h5,7,11,13,17,19,23,25,33-34,37-40,43-45H,3-4,6,8-10,12,14-16,18,20-22,24,26-32H2,1-2H3,(H,46,47,48)/b7-5-,13-11-,19-17-,25-23-. The predicted molar refractivity (Wildman–Crippen MR) is 206 cm³/mol. The number of esters is 2. The molecule has 13 heteroatoms. The summed E-state index contributed by atoms with van der Waals surface area (Å²) in [6.07, 6.45) is 24.8. The highest BCUT2D eigenvalue weighted by molar-refractivity contribution is 7.85. The number of ether oxygens (including phenoxy) is 4. The highest BCUT2D eigenvalue weighted by atomic mass is 32.2. The molecule has 12 nitrogen and oxygen atoms in total. The Balaban J connectivity index is 2.57. The van der Waals surface area contributed by atoms with Gasteiger partial charge in [-0.25, -0.2) is 0 Å². The lowest BCUT2D eigenvalue weighted by Crippen LogP contribution is -2.60. The van der Waals surface area contributed by atoms with Gasteiger partial charge in [0, 0.05) is 12.8 Å². The van der Waals surface area contributed by atoms with Crippen LogP contribution in [0, 0.1) is 0 Å². The Labute approximate surface area is 318 Å². The Kier molecular flexibility index (Phi) is 28.3. The van der Waals surface area contributed by atoms with Crippen molar-refractivity contribution < 1.29 is 56.8 Å². The van der Waals surface area contributed by atoms with Gasteiger partial charge in [-0.15, -0.1) is 0 Å². The maximum atomic E-state index is 12.7. The summed E-state index contributed by atoms with van der Waals surface area (Å²) in [5.74, 6) is -2.09. The molecule has 4 N–H and O–H groups in total. The third kappa shape index (κ3) is 26.1. The van der Waals surface area contributed by atoms with Crippen molar-refractivity contribution in [1.82, 2.24) is 0 Å². The van der Waals surface area contributed by atoms with Gasteiger partial charge in [0.15, 0.2) is 12.4 Å². The van der Waals surface area contributed by atoms with Gasteiger partial charge in [0.1, 0.15) is 36.8 Å². The van der Waals surface area contributed by atoms with Crippen LogP contribution >= 0.6 is 0 Å². The van der Waals surface area contributed by atoms with Crippen LogP contribution in [0.1, 0.15) is 136 Å². The van der Waals surface area contributed by atoms with E-state index in [-0.39, 0.29) is 19.4 Å². The van der Waals surface area contributed by atoms with Crippen molar-refractivity contribution in [2.75, 3.05) is 19.0 Å². The Morgan fingerprint density at radius 2 is 1.19 bits per heavy atom. The molecule has 1 heterocycles. The zero-order valence-electron chi connectivity index (χ0n) is 32.1. The quantitative estimate of drug-likeness (QED) is 0.0250. The molecule has 0 aromatic carbocycles. The molecule has 0 amide bonds. The summed E-state index contributed by atoms with van der Waals surface area (Å²) in [5, 5.41) is 30.7. The van der Waals surface area contributed by atoms with Gasteiger partial charge in [0.25, 0.3) is 10.1 Å². The topological polar surface area (TPSA) is 186 Å². The van der Waals surface area contributed by atoms with Crippen molar-refractivity contribution in [3.63, 3.8) is 0 Å². The molecule has 0 radical (unpaired) electrons. The number of hydrogen-bond donors (Lipinski definition) is 4. The number of unbranched alkanes of at least 4 members (excludes halogenated alkanes) is 11. The number of carbonyl (C=O) groups is 2. The fraction of sp³-hybridized carbons (Fsp3) is 0.750. The predicted octanol–water partition coefficient (Wildman–Crippen LogP) is 6.83. The van der Waals surface area contributed by atoms with Gasteiger partial charge in [0.05, 0.1) is 6.61 Å². The Bertz CT molecular complexity index is 1180. The molecule has 1 aliphatic heterocycles. The van der Waals surface area contributed by atoms with Crippen LogP contribution in [0.5, 0.6) is 0 Å². The minimum absolute atomic E-state index is 0.0431. The number of rotatable bonds is 31. The molecule has 1 rings (SSSR count). The summed E-state index contributed by atoms with van der Waals surface area (Å²) >= 11 is 0. The maximum absolute atomic E-state index is 12.7. The molecule has 0 aromatic rings. The summed E-state index contributed by atoms with van der Waals surface area (Å²) in [4.78, 5) is 25.2. The molecule has 0 spiro atoms. The average Bonchev–Trinajstić information content (AvgIpc) is 3.12. The zero-order chi connectivity index (χ0) is 39.2. The minimum atomic E-state index is -4.61. The summed E-state index contributed by atoms with van der Waals surface area (Å²) in [6, 6.07) is 0. The lowest BCUT2D eigenvalue weighted by Gasteiger charge is -2.40. The van der Waals surface area contributed by atoms with Crippen LogP contribution in [0.4, 0.5) is 0 Å². The second kappa shape index (κ2) is 30.9. The molecule has 306 valence electrons. The first-order valence-corrected chi connectivity index (χ1v) is 21.3. The second-order valence-electron chi connectivity index (χ2n) is 13.6. The van der Waals surface area contributed by atoms with Crippen LogP contribution in [0.3, 0.4) is 0 Å². The van der Waals surface area contributed by atoms with Crippen LogP contribution in [0.2, 0.25) is 0 Å². The number of allylic oxidation sites excluding steroid dienone is 8. The molecule has 6 atom stereocenters. The first kappa shape index (κ1) is 48.6. The third-order valence-corrected chi connectivity index (χ3v) is 9.44. The van der Waals surface area contributed by atoms with Crippen LogP contribution in [0.25, 0.3) is 0 Å². The van der Waals surface area contributed by atoms with Crippen molar-refractivity contribution in [2.45, 2.75) is 173 Å². The molecule has 1 fully saturated rings. The van der Waals surface area contributed by atoms with Gasteiger partial charge in [-0.3, -0.25) is 14.1 Å². The van der Waals surface area contributed by atoms with Crippen LogP contribution < -0.4 is 0 Å². The van der Waals surface area contributed by atoms with E-state index in [1.54, 1.807) is 0 Å². The van der Waals surface area contributed by atoms with Crippen molar-refractivity contribution in [1.29, 1.82) is 0 Å². The van der Waals surface area contributed by atoms with E-state index in [9.17, 15) is 37.9 Å². The molecular formula is C40H68O12S. The van der Waals surface area contributed by atoms with Crippen molar-refractivity contribution in [3.05, 3.63) is 48.6 Å². The Morgan fingerprint density at radius 3 is 1.74 bits per heavy atom. The van der Waals surface area contributed by atoms with Crippen LogP contribution in [-0.2, 0) is 38.7 Å². The summed E-state index contributed by atoms with van der Waals surface area (Å²) in [5.41, 5.74) is 0. The molecule has 0 bridgehead atoms. The molecule has 0 aliphatic carbocycles. The first-order valence-electron chi connectivity index (χ1n) is 19.7. The van der Waals surface area contributed by atoms with Gasteiger partial charge in [0.2, 0.25) is 0 Å². The van der Waals surface area contributed by atoms with Crippen molar-refractivity contribution >= 4 is 22.1 Å². The van der Waals surface area contributed by atoms with Gasteiger partial charge >= 0.3 is 11.9 Å². The van der Waals surface area contributed by atoms with Crippen LogP contribution in [-0.4, -0.2) is 96.0 Å². The summed E-state index contributed by atoms with van der Waals surface area (Å²) < 4.78 is 53.7. The first-order chi connectivity index (χ1) is 25.5. The minimum Gasteiger partial charge on any atom is -0.462 e. The summed E-state index contributed by atoms with van der Waals surface area (Å²) in [6.45, 7) is 3.54. The average molecular weight is 773 g/mol. The highest BCUT2D eigenvalue weighted by Crippen LogP contribution is 2.24. The molecule has 0 saturated carbocycles. The van der Waals surface area contributed by atoms with Crippen molar-refractivity contribution in [2.24, 2.45) is 0 Å². The number of aliphatic hydroxyl groups excluding tert-OH is 3. The van der Waals surface area contributed by atoms with Gasteiger partial charge in [-0.2, -0.15) is 8.42 Å². The molecular weight excluding hydrogens is 704 g/mol. The Hall–Kier alpha value is -2.39. The molecule has 53 heavy (non-hydrogen) atoms. The molecule has 1 aliphatic rings. The molecule has 0 aromatic heterocycles. The summed E-state index contributed by atoms with van der Waals surface area (Å²) in [7, 11) is -4.61. The van der Waals surface area contributed by atoms with Crippen molar-refractivity contribution in [3.8, 4) is 0 Å². The van der Waals surface area contributed by atoms with Gasteiger partial charge < -0.3 is 34.3 Å². The van der Waals surface area contributed by atoms with E-state index in [4.69, 9.17) is 18.9 Å². The van der Waals surface area contributed by atoms with E-state index in [1.165, 1.54) is 51.4 Å². The SMILES string of the molecule is CC/C=C\C/C=C\C/C=C\C/C=C\CCC(=O)OC(COC(=O)CCCCCCCCCCCCCC)COC1OC(CS(=O)(=O)O)C(O)C(O)C1O. The van der Waals surface area contributed by atoms with Gasteiger partial charge in [-0.05, 0) is 38.5 Å². The van der Waals surface area contributed by atoms with E-state index in [1.807, 2.05) is 18.2 Å². The second-order valence-corrected chi connectivity index (χ2v) is 15.1. The maximum Gasteiger partial charge on any atom is 0.306 e. The third-order valence-electron chi connectivity index (χ3n) is 8.69. The van der Waals surface area contributed by atoms with Crippen LogP contribution in [0.15, 0.2) is 48.6 Å². The van der Waals surface area contributed by atoms with E-state index < -0.39 is 71.2 Å².